The maximum absolute atomic E-state index is 11.0. The number of hydrogen-bond acceptors (Lipinski definition) is 3. The van der Waals surface area contributed by atoms with Crippen molar-refractivity contribution in [3.63, 3.8) is 0 Å². The van der Waals surface area contributed by atoms with Crippen molar-refractivity contribution in [2.45, 2.75) is 11.8 Å². The van der Waals surface area contributed by atoms with Crippen LogP contribution in [0.15, 0.2) is 23.1 Å². The van der Waals surface area contributed by atoms with Gasteiger partial charge in [0.25, 0.3) is 0 Å². The first-order chi connectivity index (χ1) is 6.80. The number of benzene rings is 1. The van der Waals surface area contributed by atoms with Gasteiger partial charge in [0, 0.05) is 5.69 Å². The Hall–Kier alpha value is -1.60. The normalized spacial score (nSPS) is 11.1. The zero-order valence-electron chi connectivity index (χ0n) is 8.02. The number of carbonyl (C=O) groups is 1. The molecule has 0 radical (unpaired) electrons. The van der Waals surface area contributed by atoms with Crippen molar-refractivity contribution in [3.05, 3.63) is 23.8 Å². The smallest absolute Gasteiger partial charge is 0.316 e. The van der Waals surface area contributed by atoms with Gasteiger partial charge >= 0.3 is 6.03 Å². The third-order valence-electron chi connectivity index (χ3n) is 1.78. The van der Waals surface area contributed by atoms with E-state index in [1.54, 1.807) is 6.92 Å². The minimum Gasteiger partial charge on any atom is -0.351 e. The second-order valence-corrected chi connectivity index (χ2v) is 4.57. The van der Waals surface area contributed by atoms with Crippen molar-refractivity contribution < 1.29 is 13.2 Å². The highest BCUT2D eigenvalue weighted by molar-refractivity contribution is 7.89. The summed E-state index contributed by atoms with van der Waals surface area (Å²) in [6.45, 7) is 1.64. The molecule has 15 heavy (non-hydrogen) atoms. The predicted molar refractivity (Wildman–Crippen MR) is 55.8 cm³/mol. The topological polar surface area (TPSA) is 115 Å². The lowest BCUT2D eigenvalue weighted by Gasteiger charge is -2.07. The molecule has 82 valence electrons. The molecule has 0 heterocycles. The van der Waals surface area contributed by atoms with Gasteiger partial charge in [0.2, 0.25) is 10.0 Å². The monoisotopic (exact) mass is 229 g/mol. The van der Waals surface area contributed by atoms with Crippen LogP contribution in [0.5, 0.6) is 0 Å². The SMILES string of the molecule is Cc1cc(S(N)(=O)=O)ccc1NC(N)=O. The van der Waals surface area contributed by atoms with Crippen LogP contribution >= 0.6 is 0 Å². The standard InChI is InChI=1S/C8H11N3O3S/c1-5-4-6(15(10,13)14)2-3-7(5)11-8(9)12/h2-4H,1H3,(H3,9,11,12)(H2,10,13,14). The van der Waals surface area contributed by atoms with Crippen molar-refractivity contribution in [2.24, 2.45) is 10.9 Å². The number of nitrogens with two attached hydrogens (primary N) is 2. The van der Waals surface area contributed by atoms with Gasteiger partial charge in [0.05, 0.1) is 4.90 Å². The molecule has 2 amide bonds. The molecule has 1 aromatic carbocycles. The fourth-order valence-electron chi connectivity index (χ4n) is 1.09. The van der Waals surface area contributed by atoms with E-state index < -0.39 is 16.1 Å². The lowest BCUT2D eigenvalue weighted by atomic mass is 10.2. The largest absolute Gasteiger partial charge is 0.351 e. The van der Waals surface area contributed by atoms with Crippen molar-refractivity contribution in [2.75, 3.05) is 5.32 Å². The number of aryl methyl sites for hydroxylation is 1. The van der Waals surface area contributed by atoms with E-state index in [0.717, 1.165) is 0 Å². The molecule has 0 saturated heterocycles. The molecule has 0 aliphatic carbocycles. The molecule has 0 unspecified atom stereocenters. The maximum atomic E-state index is 11.0. The van der Waals surface area contributed by atoms with E-state index in [1.165, 1.54) is 18.2 Å². The number of primary sulfonamides is 1. The number of sulfonamides is 1. The van der Waals surface area contributed by atoms with Gasteiger partial charge in [-0.15, -0.1) is 0 Å². The summed E-state index contributed by atoms with van der Waals surface area (Å²) in [5.41, 5.74) is 5.95. The van der Waals surface area contributed by atoms with Crippen LogP contribution in [0, 0.1) is 6.92 Å². The first kappa shape index (κ1) is 11.5. The van der Waals surface area contributed by atoms with Gasteiger partial charge in [-0.25, -0.2) is 18.4 Å². The summed E-state index contributed by atoms with van der Waals surface area (Å²) in [7, 11) is -3.71. The van der Waals surface area contributed by atoms with Crippen LogP contribution in [0.25, 0.3) is 0 Å². The highest BCUT2D eigenvalue weighted by Crippen LogP contribution is 2.18. The predicted octanol–water partition coefficient (Wildman–Crippen LogP) is 0.133. The number of nitrogens with one attached hydrogen (secondary N) is 1. The van der Waals surface area contributed by atoms with Crippen LogP contribution in [0.4, 0.5) is 10.5 Å². The number of rotatable bonds is 2. The molecule has 6 nitrogen and oxygen atoms in total. The molecule has 0 spiro atoms. The first-order valence-corrected chi connectivity index (χ1v) is 5.55. The highest BCUT2D eigenvalue weighted by Gasteiger charge is 2.09. The molecule has 0 aromatic heterocycles. The van der Waals surface area contributed by atoms with Crippen molar-refractivity contribution in [1.82, 2.24) is 0 Å². The molecule has 0 bridgehead atoms. The van der Waals surface area contributed by atoms with Crippen LogP contribution in [0.3, 0.4) is 0 Å². The van der Waals surface area contributed by atoms with Gasteiger partial charge in [0.15, 0.2) is 0 Å². The summed E-state index contributed by atoms with van der Waals surface area (Å²) >= 11 is 0. The van der Waals surface area contributed by atoms with E-state index in [9.17, 15) is 13.2 Å². The second-order valence-electron chi connectivity index (χ2n) is 3.01. The fraction of sp³-hybridized carbons (Fsp3) is 0.125. The zero-order chi connectivity index (χ0) is 11.6. The molecule has 0 aliphatic rings. The number of urea groups is 1. The Kier molecular flexibility index (Phi) is 2.96. The third kappa shape index (κ3) is 2.93. The summed E-state index contributed by atoms with van der Waals surface area (Å²) in [4.78, 5) is 10.6. The summed E-state index contributed by atoms with van der Waals surface area (Å²) in [6.07, 6.45) is 0. The Morgan fingerprint density at radius 2 is 2.00 bits per heavy atom. The molecule has 1 aromatic rings. The summed E-state index contributed by atoms with van der Waals surface area (Å²) in [5, 5.41) is 7.29. The molecule has 7 heteroatoms. The number of carbonyl (C=O) groups excluding carboxylic acids is 1. The van der Waals surface area contributed by atoms with E-state index in [1.807, 2.05) is 0 Å². The number of anilines is 1. The van der Waals surface area contributed by atoms with Gasteiger partial charge in [0.1, 0.15) is 0 Å². The van der Waals surface area contributed by atoms with Crippen molar-refractivity contribution in [1.29, 1.82) is 0 Å². The molecule has 1 rings (SSSR count). The van der Waals surface area contributed by atoms with Crippen molar-refractivity contribution in [3.8, 4) is 0 Å². The number of amides is 2. The Bertz CT molecular complexity index is 496. The minimum atomic E-state index is -3.71. The zero-order valence-corrected chi connectivity index (χ0v) is 8.84. The molecule has 5 N–H and O–H groups in total. The van der Waals surface area contributed by atoms with E-state index in [4.69, 9.17) is 10.9 Å². The average Bonchev–Trinajstić information content (AvgIpc) is 2.05. The Labute approximate surface area is 87.3 Å². The van der Waals surface area contributed by atoms with Gasteiger partial charge < -0.3 is 11.1 Å². The van der Waals surface area contributed by atoms with Crippen LogP contribution in [0.1, 0.15) is 5.56 Å². The van der Waals surface area contributed by atoms with Crippen LogP contribution < -0.4 is 16.2 Å². The second kappa shape index (κ2) is 3.87. The molecule has 0 saturated carbocycles. The lowest BCUT2D eigenvalue weighted by molar-refractivity contribution is 0.259. The maximum Gasteiger partial charge on any atom is 0.316 e. The van der Waals surface area contributed by atoms with Gasteiger partial charge in [-0.3, -0.25) is 0 Å². The van der Waals surface area contributed by atoms with Gasteiger partial charge in [-0.2, -0.15) is 0 Å². The average molecular weight is 229 g/mol. The molecule has 0 fully saturated rings. The lowest BCUT2D eigenvalue weighted by Crippen LogP contribution is -2.20. The molecule has 0 atom stereocenters. The van der Waals surface area contributed by atoms with Crippen molar-refractivity contribution >= 4 is 21.7 Å². The van der Waals surface area contributed by atoms with Crippen LogP contribution in [-0.2, 0) is 10.0 Å². The first-order valence-electron chi connectivity index (χ1n) is 4.00. The van der Waals surface area contributed by atoms with E-state index in [2.05, 4.69) is 5.32 Å². The third-order valence-corrected chi connectivity index (χ3v) is 2.70. The quantitative estimate of drug-likeness (QED) is 0.669. The minimum absolute atomic E-state index is 0.00461. The Morgan fingerprint density at radius 3 is 2.40 bits per heavy atom. The summed E-state index contributed by atoms with van der Waals surface area (Å²) < 4.78 is 22.0. The van der Waals surface area contributed by atoms with E-state index >= 15 is 0 Å². The fourth-order valence-corrected chi connectivity index (χ4v) is 1.68. The van der Waals surface area contributed by atoms with Crippen LogP contribution in [0.2, 0.25) is 0 Å². The van der Waals surface area contributed by atoms with E-state index in [0.29, 0.717) is 11.3 Å². The molecular formula is C8H11N3O3S. The molecular weight excluding hydrogens is 218 g/mol. The highest BCUT2D eigenvalue weighted by atomic mass is 32.2. The number of hydrogen-bond donors (Lipinski definition) is 3. The molecule has 0 aliphatic heterocycles. The van der Waals surface area contributed by atoms with Gasteiger partial charge in [-0.1, -0.05) is 0 Å². The van der Waals surface area contributed by atoms with Crippen LogP contribution in [-0.4, -0.2) is 14.4 Å². The van der Waals surface area contributed by atoms with E-state index in [-0.39, 0.29) is 4.90 Å². The number of primary amides is 1. The van der Waals surface area contributed by atoms with Gasteiger partial charge in [-0.05, 0) is 30.7 Å². The Balaban J connectivity index is 3.15. The summed E-state index contributed by atoms with van der Waals surface area (Å²) in [5.74, 6) is 0. The Morgan fingerprint density at radius 1 is 1.40 bits per heavy atom. The summed E-state index contributed by atoms with van der Waals surface area (Å²) in [6, 6.07) is 3.38.